The summed E-state index contributed by atoms with van der Waals surface area (Å²) in [5, 5.41) is 0. The average Bonchev–Trinajstić information content (AvgIpc) is 2.65. The number of allylic oxidation sites excluding steroid dienone is 2. The van der Waals surface area contributed by atoms with Crippen LogP contribution in [0, 0.1) is 5.41 Å². The fourth-order valence-corrected chi connectivity index (χ4v) is 3.46. The zero-order valence-electron chi connectivity index (χ0n) is 18.5. The van der Waals surface area contributed by atoms with E-state index >= 15 is 0 Å². The Hall–Kier alpha value is -1.66. The molecular formula is C16H4F19NaO4S. The van der Waals surface area contributed by atoms with Gasteiger partial charge in [-0.15, -0.1) is 0 Å². The molecule has 0 bridgehead atoms. The largest absolute Gasteiger partial charge is 1.00 e. The van der Waals surface area contributed by atoms with Crippen LogP contribution in [0.1, 0.15) is 0 Å². The van der Waals surface area contributed by atoms with Gasteiger partial charge in [0.25, 0.3) is 0 Å². The summed E-state index contributed by atoms with van der Waals surface area (Å²) < 4.78 is 292. The predicted octanol–water partition coefficient (Wildman–Crippen LogP) is 4.30. The Morgan fingerprint density at radius 1 is 0.585 bits per heavy atom. The van der Waals surface area contributed by atoms with E-state index in [1.807, 2.05) is 0 Å². The van der Waals surface area contributed by atoms with Crippen LogP contribution in [0.5, 0.6) is 5.75 Å². The topological polar surface area (TPSA) is 66.4 Å². The first kappa shape index (κ1) is 39.3. The molecule has 0 aromatic heterocycles. The summed E-state index contributed by atoms with van der Waals surface area (Å²) in [6.07, 6.45) is -41.5. The molecule has 0 heterocycles. The number of benzene rings is 1. The smallest absolute Gasteiger partial charge is 0.744 e. The first-order valence-corrected chi connectivity index (χ1v) is 10.2. The van der Waals surface area contributed by atoms with Crippen LogP contribution in [0.3, 0.4) is 0 Å². The van der Waals surface area contributed by atoms with E-state index < -0.39 is 80.2 Å². The van der Waals surface area contributed by atoms with E-state index in [0.717, 1.165) is 0 Å². The predicted molar refractivity (Wildman–Crippen MR) is 84.7 cm³/mol. The normalized spacial score (nSPS) is 15.7. The minimum atomic E-state index is -9.16. The van der Waals surface area contributed by atoms with Gasteiger partial charge in [-0.25, -0.2) is 8.42 Å². The van der Waals surface area contributed by atoms with Gasteiger partial charge in [0.15, 0.2) is 0 Å². The van der Waals surface area contributed by atoms with Gasteiger partial charge in [-0.2, -0.15) is 83.4 Å². The molecule has 0 unspecified atom stereocenters. The summed E-state index contributed by atoms with van der Waals surface area (Å²) in [6, 6.07) is -1.12. The van der Waals surface area contributed by atoms with Crippen LogP contribution in [0.4, 0.5) is 83.4 Å². The van der Waals surface area contributed by atoms with Crippen molar-refractivity contribution in [2.75, 3.05) is 0 Å². The first-order chi connectivity index (χ1) is 17.2. The van der Waals surface area contributed by atoms with Crippen molar-refractivity contribution in [1.29, 1.82) is 0 Å². The second kappa shape index (κ2) is 11.1. The molecule has 0 amide bonds. The number of halogens is 19. The van der Waals surface area contributed by atoms with Gasteiger partial charge in [0.2, 0.25) is 11.2 Å². The third-order valence-electron chi connectivity index (χ3n) is 4.55. The standard InChI is InChI=1S/C16H5F19O4S.Na/c17-10(18,19)7(8(11(20,21)22)39-5-1-3-6(4-2-5)40(36,37)38)9(14(27,28)29,12(23,24)15(30,31)32)13(25,26)16(33,34)35;/h1-4H,(H,36,37,38);/q;+1/p-1/b8-7-;. The number of hydrogen-bond donors (Lipinski definition) is 0. The van der Waals surface area contributed by atoms with Gasteiger partial charge in [-0.1, -0.05) is 0 Å². The first-order valence-electron chi connectivity index (χ1n) is 8.77. The summed E-state index contributed by atoms with van der Waals surface area (Å²) in [5.41, 5.74) is -15.1. The van der Waals surface area contributed by atoms with Crippen molar-refractivity contribution in [2.45, 2.75) is 47.6 Å². The molecule has 4 nitrogen and oxygen atoms in total. The molecule has 0 saturated heterocycles. The maximum Gasteiger partial charge on any atom is 1.00 e. The van der Waals surface area contributed by atoms with Crippen molar-refractivity contribution >= 4 is 10.1 Å². The van der Waals surface area contributed by atoms with Gasteiger partial charge in [0.05, 0.1) is 4.90 Å². The number of rotatable bonds is 6. The van der Waals surface area contributed by atoms with Crippen molar-refractivity contribution < 1.29 is 131 Å². The Morgan fingerprint density at radius 2 is 0.927 bits per heavy atom. The Morgan fingerprint density at radius 3 is 1.15 bits per heavy atom. The van der Waals surface area contributed by atoms with Crippen LogP contribution in [-0.2, 0) is 10.1 Å². The Balaban J connectivity index is 0.0000160. The second-order valence-electron chi connectivity index (χ2n) is 7.12. The van der Waals surface area contributed by atoms with Crippen LogP contribution >= 0.6 is 0 Å². The number of hydrogen-bond acceptors (Lipinski definition) is 4. The summed E-state index contributed by atoms with van der Waals surface area (Å²) >= 11 is 0. The fraction of sp³-hybridized carbons (Fsp3) is 0.500. The summed E-state index contributed by atoms with van der Waals surface area (Å²) in [7, 11) is -5.55. The van der Waals surface area contributed by atoms with Crippen LogP contribution in [0.25, 0.3) is 0 Å². The molecule has 0 aliphatic heterocycles. The molecule has 0 spiro atoms. The van der Waals surface area contributed by atoms with Crippen LogP contribution < -0.4 is 34.3 Å². The quantitative estimate of drug-likeness (QED) is 0.195. The SMILES string of the molecule is O=S(=O)([O-])c1ccc(O/C(=C(\C(F)(F)F)C(C(F)(F)F)(C(F)(F)C(F)(F)F)C(F)(F)C(F)(F)F)C(F)(F)F)cc1.[Na+]. The molecule has 0 N–H and O–H groups in total. The van der Waals surface area contributed by atoms with Gasteiger partial charge in [0, 0.05) is 0 Å². The Bertz CT molecular complexity index is 1190. The van der Waals surface area contributed by atoms with Crippen molar-refractivity contribution in [2.24, 2.45) is 5.41 Å². The van der Waals surface area contributed by atoms with E-state index in [0.29, 0.717) is 0 Å². The molecule has 1 rings (SSSR count). The third-order valence-corrected chi connectivity index (χ3v) is 5.40. The van der Waals surface area contributed by atoms with E-state index in [4.69, 9.17) is 0 Å². The summed E-state index contributed by atoms with van der Waals surface area (Å²) in [4.78, 5) is -1.48. The van der Waals surface area contributed by atoms with Gasteiger partial charge in [-0.05, 0) is 24.3 Å². The van der Waals surface area contributed by atoms with Crippen molar-refractivity contribution in [1.82, 2.24) is 0 Å². The molecule has 41 heavy (non-hydrogen) atoms. The van der Waals surface area contributed by atoms with Crippen molar-refractivity contribution in [3.8, 4) is 5.75 Å². The summed E-state index contributed by atoms with van der Waals surface area (Å²) in [5.74, 6) is -25.1. The molecule has 1 aromatic rings. The van der Waals surface area contributed by atoms with Crippen LogP contribution in [-0.4, -0.2) is 55.7 Å². The Kier molecular flexibility index (Phi) is 10.7. The zero-order valence-corrected chi connectivity index (χ0v) is 21.3. The van der Waals surface area contributed by atoms with Crippen molar-refractivity contribution in [3.05, 3.63) is 35.6 Å². The maximum absolute atomic E-state index is 14.1. The van der Waals surface area contributed by atoms with Gasteiger partial charge in [0.1, 0.15) is 21.4 Å². The van der Waals surface area contributed by atoms with Crippen LogP contribution in [0.15, 0.2) is 40.5 Å². The average molecular weight is 676 g/mol. The van der Waals surface area contributed by atoms with Gasteiger partial charge in [-0.3, -0.25) is 0 Å². The van der Waals surface area contributed by atoms with E-state index in [-0.39, 0.29) is 53.8 Å². The second-order valence-corrected chi connectivity index (χ2v) is 8.50. The third kappa shape index (κ3) is 6.95. The van der Waals surface area contributed by atoms with Gasteiger partial charge >= 0.3 is 72.3 Å². The fourth-order valence-electron chi connectivity index (χ4n) is 2.99. The van der Waals surface area contributed by atoms with Crippen LogP contribution in [0.2, 0.25) is 0 Å². The van der Waals surface area contributed by atoms with E-state index in [2.05, 4.69) is 4.74 Å². The minimum absolute atomic E-state index is 0. The number of alkyl halides is 19. The molecule has 0 aliphatic carbocycles. The zero-order chi connectivity index (χ0) is 32.3. The van der Waals surface area contributed by atoms with Crippen molar-refractivity contribution in [3.63, 3.8) is 0 Å². The monoisotopic (exact) mass is 676 g/mol. The van der Waals surface area contributed by atoms with Gasteiger partial charge < -0.3 is 9.29 Å². The molecule has 0 fully saturated rings. The maximum atomic E-state index is 14.1. The molecular weight excluding hydrogens is 672 g/mol. The molecule has 25 heteroatoms. The molecule has 1 aromatic carbocycles. The van der Waals surface area contributed by atoms with E-state index in [1.165, 1.54) is 0 Å². The number of ether oxygens (including phenoxy) is 1. The molecule has 0 saturated carbocycles. The molecule has 0 aliphatic rings. The summed E-state index contributed by atoms with van der Waals surface area (Å²) in [6.45, 7) is 0. The van der Waals surface area contributed by atoms with E-state index in [1.54, 1.807) is 0 Å². The Labute approximate surface area is 235 Å². The minimum Gasteiger partial charge on any atom is -0.744 e. The molecule has 0 radical (unpaired) electrons. The molecule has 0 atom stereocenters. The van der Waals surface area contributed by atoms with E-state index in [9.17, 15) is 96.4 Å². The molecule has 232 valence electrons.